The Labute approximate surface area is 98.4 Å². The van der Waals surface area contributed by atoms with Gasteiger partial charge < -0.3 is 5.32 Å². The van der Waals surface area contributed by atoms with Crippen LogP contribution in [0.1, 0.15) is 30.1 Å². The van der Waals surface area contributed by atoms with Crippen LogP contribution in [0.4, 0.5) is 0 Å². The lowest BCUT2D eigenvalue weighted by Gasteiger charge is -2.15. The number of nitrogens with one attached hydrogen (secondary N) is 1. The Bertz CT molecular complexity index is 303. The minimum Gasteiger partial charge on any atom is -0.349 e. The van der Waals surface area contributed by atoms with Gasteiger partial charge in [-0.05, 0) is 25.0 Å². The third-order valence-electron chi connectivity index (χ3n) is 2.23. The highest BCUT2D eigenvalue weighted by atomic mass is 79.9. The van der Waals surface area contributed by atoms with Gasteiger partial charge in [-0.3, -0.25) is 9.78 Å². The summed E-state index contributed by atoms with van der Waals surface area (Å²) < 4.78 is 0. The van der Waals surface area contributed by atoms with E-state index in [1.165, 1.54) is 0 Å². The van der Waals surface area contributed by atoms with E-state index >= 15 is 0 Å². The van der Waals surface area contributed by atoms with E-state index in [1.54, 1.807) is 24.5 Å². The summed E-state index contributed by atoms with van der Waals surface area (Å²) in [4.78, 5) is 15.6. The summed E-state index contributed by atoms with van der Waals surface area (Å²) in [6.45, 7) is 2.07. The average Bonchev–Trinajstić information content (AvgIpc) is 2.29. The summed E-state index contributed by atoms with van der Waals surface area (Å²) in [5, 5.41) is 3.89. The van der Waals surface area contributed by atoms with E-state index in [0.717, 1.165) is 18.2 Å². The molecule has 0 aromatic carbocycles. The van der Waals surface area contributed by atoms with Crippen molar-refractivity contribution in [2.24, 2.45) is 0 Å². The minimum absolute atomic E-state index is 0.0230. The maximum absolute atomic E-state index is 11.7. The Morgan fingerprint density at radius 2 is 2.20 bits per heavy atom. The van der Waals surface area contributed by atoms with Gasteiger partial charge in [-0.15, -0.1) is 0 Å². The van der Waals surface area contributed by atoms with E-state index in [-0.39, 0.29) is 11.9 Å². The molecule has 0 saturated heterocycles. The molecule has 1 N–H and O–H groups in total. The molecule has 0 radical (unpaired) electrons. The molecule has 4 heteroatoms. The molecular formula is C11H15BrN2O. The SMILES string of the molecule is CCC(CCBr)NC(=O)c1ccncc1. The first-order chi connectivity index (χ1) is 7.27. The van der Waals surface area contributed by atoms with Gasteiger partial charge in [0.1, 0.15) is 0 Å². The van der Waals surface area contributed by atoms with Crippen LogP contribution < -0.4 is 5.32 Å². The molecule has 1 amide bonds. The highest BCUT2D eigenvalue weighted by Crippen LogP contribution is 2.03. The molecule has 0 aliphatic heterocycles. The molecule has 1 rings (SSSR count). The first-order valence-electron chi connectivity index (χ1n) is 5.04. The monoisotopic (exact) mass is 270 g/mol. The highest BCUT2D eigenvalue weighted by Gasteiger charge is 2.10. The Morgan fingerprint density at radius 3 is 2.73 bits per heavy atom. The maximum atomic E-state index is 11.7. The number of alkyl halides is 1. The zero-order valence-corrected chi connectivity index (χ0v) is 10.3. The zero-order chi connectivity index (χ0) is 11.1. The largest absolute Gasteiger partial charge is 0.349 e. The van der Waals surface area contributed by atoms with Crippen molar-refractivity contribution in [3.63, 3.8) is 0 Å². The molecule has 3 nitrogen and oxygen atoms in total. The highest BCUT2D eigenvalue weighted by molar-refractivity contribution is 9.09. The third-order valence-corrected chi connectivity index (χ3v) is 2.69. The van der Waals surface area contributed by atoms with Crippen molar-refractivity contribution in [2.45, 2.75) is 25.8 Å². The fraction of sp³-hybridized carbons (Fsp3) is 0.455. The summed E-state index contributed by atoms with van der Waals surface area (Å²) in [7, 11) is 0. The fourth-order valence-corrected chi connectivity index (χ4v) is 1.83. The van der Waals surface area contributed by atoms with E-state index in [1.807, 2.05) is 0 Å². The second-order valence-electron chi connectivity index (χ2n) is 3.29. The molecule has 0 fully saturated rings. The molecule has 1 unspecified atom stereocenters. The van der Waals surface area contributed by atoms with E-state index in [4.69, 9.17) is 0 Å². The Balaban J connectivity index is 2.55. The molecule has 1 aromatic rings. The van der Waals surface area contributed by atoms with Crippen LogP contribution in [0.3, 0.4) is 0 Å². The van der Waals surface area contributed by atoms with Crippen molar-refractivity contribution >= 4 is 21.8 Å². The molecule has 1 atom stereocenters. The van der Waals surface area contributed by atoms with Crippen LogP contribution >= 0.6 is 15.9 Å². The summed E-state index contributed by atoms with van der Waals surface area (Å²) in [5.74, 6) is -0.0230. The van der Waals surface area contributed by atoms with Crippen LogP contribution in [0.15, 0.2) is 24.5 Å². The van der Waals surface area contributed by atoms with Crippen molar-refractivity contribution in [1.82, 2.24) is 10.3 Å². The number of carbonyl (C=O) groups excluding carboxylic acids is 1. The molecule has 0 saturated carbocycles. The molecule has 0 aliphatic carbocycles. The van der Waals surface area contributed by atoms with Crippen LogP contribution in [-0.2, 0) is 0 Å². The fourth-order valence-electron chi connectivity index (χ4n) is 1.28. The zero-order valence-electron chi connectivity index (χ0n) is 8.74. The number of pyridine rings is 1. The second-order valence-corrected chi connectivity index (χ2v) is 4.09. The van der Waals surface area contributed by atoms with Crippen LogP contribution in [0, 0.1) is 0 Å². The predicted molar refractivity (Wildman–Crippen MR) is 64.2 cm³/mol. The molecule has 1 aromatic heterocycles. The molecule has 15 heavy (non-hydrogen) atoms. The molecular weight excluding hydrogens is 256 g/mol. The average molecular weight is 271 g/mol. The lowest BCUT2D eigenvalue weighted by atomic mass is 10.1. The number of nitrogens with zero attached hydrogens (tertiary/aromatic N) is 1. The summed E-state index contributed by atoms with van der Waals surface area (Å²) in [5.41, 5.74) is 0.665. The van der Waals surface area contributed by atoms with Crippen LogP contribution in [0.25, 0.3) is 0 Å². The predicted octanol–water partition coefficient (Wildman–Crippen LogP) is 2.38. The maximum Gasteiger partial charge on any atom is 0.251 e. The standard InChI is InChI=1S/C11H15BrN2O/c1-2-10(3-6-12)14-11(15)9-4-7-13-8-5-9/h4-5,7-8,10H,2-3,6H2,1H3,(H,14,15). The van der Waals surface area contributed by atoms with Gasteiger partial charge in [0, 0.05) is 29.3 Å². The van der Waals surface area contributed by atoms with E-state index in [0.29, 0.717) is 5.56 Å². The number of amides is 1. The number of aromatic nitrogens is 1. The van der Waals surface area contributed by atoms with E-state index in [2.05, 4.69) is 33.2 Å². The summed E-state index contributed by atoms with van der Waals surface area (Å²) >= 11 is 3.38. The first-order valence-corrected chi connectivity index (χ1v) is 6.17. The summed E-state index contributed by atoms with van der Waals surface area (Å²) in [6, 6.07) is 3.68. The Hall–Kier alpha value is -0.900. The van der Waals surface area contributed by atoms with Crippen molar-refractivity contribution in [3.05, 3.63) is 30.1 Å². The number of carbonyl (C=O) groups is 1. The Kier molecular flexibility index (Phi) is 5.32. The first kappa shape index (κ1) is 12.2. The van der Waals surface area contributed by atoms with Gasteiger partial charge in [-0.1, -0.05) is 22.9 Å². The lowest BCUT2D eigenvalue weighted by Crippen LogP contribution is -2.34. The molecule has 1 heterocycles. The smallest absolute Gasteiger partial charge is 0.251 e. The van der Waals surface area contributed by atoms with Crippen molar-refractivity contribution in [3.8, 4) is 0 Å². The second kappa shape index (κ2) is 6.56. The molecule has 82 valence electrons. The van der Waals surface area contributed by atoms with Gasteiger partial charge in [0.25, 0.3) is 5.91 Å². The molecule has 0 bridgehead atoms. The van der Waals surface area contributed by atoms with Gasteiger partial charge in [-0.25, -0.2) is 0 Å². The number of hydrogen-bond acceptors (Lipinski definition) is 2. The minimum atomic E-state index is -0.0230. The van der Waals surface area contributed by atoms with Gasteiger partial charge in [0.05, 0.1) is 0 Å². The van der Waals surface area contributed by atoms with Crippen molar-refractivity contribution < 1.29 is 4.79 Å². The number of rotatable bonds is 5. The van der Waals surface area contributed by atoms with Crippen molar-refractivity contribution in [1.29, 1.82) is 0 Å². The van der Waals surface area contributed by atoms with Gasteiger partial charge >= 0.3 is 0 Å². The Morgan fingerprint density at radius 1 is 1.53 bits per heavy atom. The normalized spacial score (nSPS) is 12.1. The number of halogens is 1. The lowest BCUT2D eigenvalue weighted by molar-refractivity contribution is 0.0935. The quantitative estimate of drug-likeness (QED) is 0.835. The van der Waals surface area contributed by atoms with E-state index < -0.39 is 0 Å². The van der Waals surface area contributed by atoms with Gasteiger partial charge in [0.15, 0.2) is 0 Å². The van der Waals surface area contributed by atoms with Crippen LogP contribution in [0.2, 0.25) is 0 Å². The van der Waals surface area contributed by atoms with E-state index in [9.17, 15) is 4.79 Å². The molecule has 0 spiro atoms. The van der Waals surface area contributed by atoms with Crippen molar-refractivity contribution in [2.75, 3.05) is 5.33 Å². The number of hydrogen-bond donors (Lipinski definition) is 1. The van der Waals surface area contributed by atoms with Gasteiger partial charge in [0.2, 0.25) is 0 Å². The summed E-state index contributed by atoms with van der Waals surface area (Å²) in [6.07, 6.45) is 5.15. The van der Waals surface area contributed by atoms with Crippen LogP contribution in [0.5, 0.6) is 0 Å². The molecule has 0 aliphatic rings. The topological polar surface area (TPSA) is 42.0 Å². The van der Waals surface area contributed by atoms with Crippen LogP contribution in [-0.4, -0.2) is 22.3 Å². The van der Waals surface area contributed by atoms with Gasteiger partial charge in [-0.2, -0.15) is 0 Å². The third kappa shape index (κ3) is 4.00.